The Morgan fingerprint density at radius 3 is 2.35 bits per heavy atom. The van der Waals surface area contributed by atoms with Crippen molar-refractivity contribution in [3.05, 3.63) is 53.6 Å². The highest BCUT2D eigenvalue weighted by molar-refractivity contribution is 7.86. The van der Waals surface area contributed by atoms with E-state index in [4.69, 9.17) is 19.4 Å². The Morgan fingerprint density at radius 1 is 1.04 bits per heavy atom. The van der Waals surface area contributed by atoms with E-state index in [9.17, 15) is 13.2 Å². The normalized spacial score (nSPS) is 11.2. The molecule has 0 aliphatic heterocycles. The summed E-state index contributed by atoms with van der Waals surface area (Å²) < 4.78 is 39.8. The number of ether oxygens (including phenoxy) is 2. The van der Waals surface area contributed by atoms with Crippen molar-refractivity contribution in [3.63, 3.8) is 0 Å². The molecule has 0 aliphatic carbocycles. The maximum absolute atomic E-state index is 12.1. The lowest BCUT2D eigenvalue weighted by molar-refractivity contribution is -0.117. The van der Waals surface area contributed by atoms with Crippen molar-refractivity contribution in [1.29, 1.82) is 0 Å². The van der Waals surface area contributed by atoms with Crippen LogP contribution >= 0.6 is 0 Å². The van der Waals surface area contributed by atoms with E-state index in [0.717, 1.165) is 5.56 Å². The standard InChI is InChI=1S/C18H21NO6S/c1-13-3-6-15(7-4-13)26(21,22)25-10-9-24-16-8-5-14(12-18(19)20)11-17(16)23-2/h3-8,11H,9-10,12H2,1-2H3,(H2,19,20). The van der Waals surface area contributed by atoms with Gasteiger partial charge < -0.3 is 15.2 Å². The molecule has 0 aromatic heterocycles. The Bertz CT molecular complexity index is 862. The summed E-state index contributed by atoms with van der Waals surface area (Å²) in [4.78, 5) is 11.1. The number of carbonyl (C=O) groups excluding carboxylic acids is 1. The van der Waals surface area contributed by atoms with E-state index < -0.39 is 16.0 Å². The van der Waals surface area contributed by atoms with Crippen molar-refractivity contribution < 1.29 is 26.9 Å². The van der Waals surface area contributed by atoms with Crippen LogP contribution in [0.1, 0.15) is 11.1 Å². The molecule has 8 heteroatoms. The molecule has 0 bridgehead atoms. The van der Waals surface area contributed by atoms with Crippen LogP contribution in [-0.2, 0) is 25.5 Å². The Balaban J connectivity index is 1.93. The number of aryl methyl sites for hydroxylation is 1. The van der Waals surface area contributed by atoms with Crippen LogP contribution in [0.5, 0.6) is 11.5 Å². The molecule has 0 saturated carbocycles. The van der Waals surface area contributed by atoms with Crippen molar-refractivity contribution in [2.75, 3.05) is 20.3 Å². The van der Waals surface area contributed by atoms with E-state index in [1.165, 1.54) is 19.2 Å². The average molecular weight is 379 g/mol. The number of hydrogen-bond donors (Lipinski definition) is 1. The smallest absolute Gasteiger partial charge is 0.297 e. The van der Waals surface area contributed by atoms with E-state index in [0.29, 0.717) is 17.1 Å². The number of carbonyl (C=O) groups is 1. The van der Waals surface area contributed by atoms with Gasteiger partial charge in [-0.15, -0.1) is 0 Å². The zero-order valence-corrected chi connectivity index (χ0v) is 15.4. The van der Waals surface area contributed by atoms with Crippen molar-refractivity contribution in [2.24, 2.45) is 5.73 Å². The van der Waals surface area contributed by atoms with Crippen LogP contribution in [0.15, 0.2) is 47.4 Å². The summed E-state index contributed by atoms with van der Waals surface area (Å²) in [5.41, 5.74) is 6.82. The van der Waals surface area contributed by atoms with Crippen molar-refractivity contribution >= 4 is 16.0 Å². The number of hydrogen-bond acceptors (Lipinski definition) is 6. The molecule has 0 heterocycles. The van der Waals surface area contributed by atoms with Gasteiger partial charge in [-0.1, -0.05) is 23.8 Å². The van der Waals surface area contributed by atoms with E-state index in [-0.39, 0.29) is 24.5 Å². The third-order valence-corrected chi connectivity index (χ3v) is 4.82. The highest BCUT2D eigenvalue weighted by Gasteiger charge is 2.15. The first kappa shape index (κ1) is 19.7. The molecule has 7 nitrogen and oxygen atoms in total. The third kappa shape index (κ3) is 5.47. The number of nitrogens with two attached hydrogens (primary N) is 1. The minimum Gasteiger partial charge on any atom is -0.493 e. The molecule has 26 heavy (non-hydrogen) atoms. The van der Waals surface area contributed by atoms with Crippen molar-refractivity contribution in [1.82, 2.24) is 0 Å². The second-order valence-electron chi connectivity index (χ2n) is 5.57. The van der Waals surface area contributed by atoms with Crippen molar-refractivity contribution in [3.8, 4) is 11.5 Å². The van der Waals surface area contributed by atoms with E-state index >= 15 is 0 Å². The second kappa shape index (κ2) is 8.68. The summed E-state index contributed by atoms with van der Waals surface area (Å²) in [6.07, 6.45) is 0.0918. The van der Waals surface area contributed by atoms with Crippen LogP contribution in [0.25, 0.3) is 0 Å². The summed E-state index contributed by atoms with van der Waals surface area (Å²) in [7, 11) is -2.36. The Morgan fingerprint density at radius 2 is 1.73 bits per heavy atom. The topological polar surface area (TPSA) is 105 Å². The zero-order chi connectivity index (χ0) is 19.2. The van der Waals surface area contributed by atoms with Crippen LogP contribution in [0.3, 0.4) is 0 Å². The second-order valence-corrected chi connectivity index (χ2v) is 7.18. The number of rotatable bonds is 9. The fraction of sp³-hybridized carbons (Fsp3) is 0.278. The molecule has 0 radical (unpaired) electrons. The number of primary amides is 1. The molecule has 0 aliphatic rings. The Kier molecular flexibility index (Phi) is 6.59. The number of benzene rings is 2. The van der Waals surface area contributed by atoms with Gasteiger partial charge in [0.25, 0.3) is 10.1 Å². The largest absolute Gasteiger partial charge is 0.493 e. The highest BCUT2D eigenvalue weighted by atomic mass is 32.2. The summed E-state index contributed by atoms with van der Waals surface area (Å²) in [5.74, 6) is 0.387. The lowest BCUT2D eigenvalue weighted by Crippen LogP contribution is -2.14. The predicted octanol–water partition coefficient (Wildman–Crippen LogP) is 1.82. The minimum absolute atomic E-state index is 0.0105. The first-order chi connectivity index (χ1) is 12.3. The summed E-state index contributed by atoms with van der Waals surface area (Å²) >= 11 is 0. The fourth-order valence-corrected chi connectivity index (χ4v) is 3.10. The minimum atomic E-state index is -3.83. The molecule has 0 fully saturated rings. The average Bonchev–Trinajstić information content (AvgIpc) is 2.59. The summed E-state index contributed by atoms with van der Waals surface area (Å²) in [6, 6.07) is 11.3. The zero-order valence-electron chi connectivity index (χ0n) is 14.6. The Hall–Kier alpha value is -2.58. The molecule has 2 aromatic carbocycles. The van der Waals surface area contributed by atoms with Gasteiger partial charge >= 0.3 is 0 Å². The molecule has 0 atom stereocenters. The molecule has 2 N–H and O–H groups in total. The van der Waals surface area contributed by atoms with Gasteiger partial charge in [0.05, 0.1) is 18.4 Å². The summed E-state index contributed by atoms with van der Waals surface area (Å²) in [6.45, 7) is 1.73. The quantitative estimate of drug-likeness (QED) is 0.526. The number of methoxy groups -OCH3 is 1. The van der Waals surface area contributed by atoms with Crippen LogP contribution in [0.2, 0.25) is 0 Å². The van der Waals surface area contributed by atoms with Gasteiger partial charge in [-0.25, -0.2) is 0 Å². The molecule has 0 unspecified atom stereocenters. The third-order valence-electron chi connectivity index (χ3n) is 3.50. The van der Waals surface area contributed by atoms with Crippen LogP contribution in [0, 0.1) is 6.92 Å². The van der Waals surface area contributed by atoms with Gasteiger partial charge in [0.1, 0.15) is 13.2 Å². The lowest BCUT2D eigenvalue weighted by atomic mass is 10.1. The van der Waals surface area contributed by atoms with Gasteiger partial charge in [-0.05, 0) is 36.8 Å². The van der Waals surface area contributed by atoms with Gasteiger partial charge in [-0.2, -0.15) is 8.42 Å². The fourth-order valence-electron chi connectivity index (χ4n) is 2.21. The highest BCUT2D eigenvalue weighted by Crippen LogP contribution is 2.28. The molecular weight excluding hydrogens is 358 g/mol. The maximum Gasteiger partial charge on any atom is 0.297 e. The molecule has 140 valence electrons. The van der Waals surface area contributed by atoms with Gasteiger partial charge in [-0.3, -0.25) is 8.98 Å². The van der Waals surface area contributed by atoms with E-state index in [2.05, 4.69) is 0 Å². The van der Waals surface area contributed by atoms with Gasteiger partial charge in [0.15, 0.2) is 11.5 Å². The van der Waals surface area contributed by atoms with Crippen LogP contribution in [0.4, 0.5) is 0 Å². The van der Waals surface area contributed by atoms with Gasteiger partial charge in [0.2, 0.25) is 5.91 Å². The molecular formula is C18H21NO6S. The molecule has 0 spiro atoms. The lowest BCUT2D eigenvalue weighted by Gasteiger charge is -2.12. The van der Waals surface area contributed by atoms with Crippen molar-refractivity contribution in [2.45, 2.75) is 18.2 Å². The van der Waals surface area contributed by atoms with Crippen LogP contribution < -0.4 is 15.2 Å². The molecule has 2 aromatic rings. The van der Waals surface area contributed by atoms with Gasteiger partial charge in [0, 0.05) is 0 Å². The number of amides is 1. The monoisotopic (exact) mass is 379 g/mol. The first-order valence-corrected chi connectivity index (χ1v) is 9.27. The van der Waals surface area contributed by atoms with Crippen LogP contribution in [-0.4, -0.2) is 34.6 Å². The first-order valence-electron chi connectivity index (χ1n) is 7.86. The van der Waals surface area contributed by atoms with E-state index in [1.54, 1.807) is 30.3 Å². The molecule has 1 amide bonds. The SMILES string of the molecule is COc1cc(CC(N)=O)ccc1OCCOS(=O)(=O)c1ccc(C)cc1. The summed E-state index contributed by atoms with van der Waals surface area (Å²) in [5, 5.41) is 0. The molecule has 2 rings (SSSR count). The Labute approximate surface area is 152 Å². The van der Waals surface area contributed by atoms with E-state index in [1.807, 2.05) is 6.92 Å². The molecule has 0 saturated heterocycles. The predicted molar refractivity (Wildman–Crippen MR) is 95.7 cm³/mol. The maximum atomic E-state index is 12.1.